The van der Waals surface area contributed by atoms with E-state index in [2.05, 4.69) is 15.4 Å². The van der Waals surface area contributed by atoms with Gasteiger partial charge in [0.15, 0.2) is 0 Å². The van der Waals surface area contributed by atoms with Crippen LogP contribution in [0.5, 0.6) is 0 Å². The van der Waals surface area contributed by atoms with Crippen molar-refractivity contribution in [3.05, 3.63) is 0 Å². The zero-order valence-electron chi connectivity index (χ0n) is 6.64. The van der Waals surface area contributed by atoms with E-state index in [1.807, 2.05) is 0 Å². The van der Waals surface area contributed by atoms with Crippen molar-refractivity contribution in [1.82, 2.24) is 10.6 Å². The Bertz CT molecular complexity index is 131. The number of nitrogens with one attached hydrogen (secondary N) is 2. The van der Waals surface area contributed by atoms with Crippen molar-refractivity contribution in [3.63, 3.8) is 0 Å². The fourth-order valence-corrected chi connectivity index (χ4v) is 0.475. The summed E-state index contributed by atoms with van der Waals surface area (Å²) in [5.41, 5.74) is 0. The fourth-order valence-electron chi connectivity index (χ4n) is 0.475. The van der Waals surface area contributed by atoms with E-state index in [-0.39, 0.29) is 12.3 Å². The smallest absolute Gasteiger partial charge is 0.406 e. The van der Waals surface area contributed by atoms with E-state index in [0.717, 1.165) is 0 Å². The van der Waals surface area contributed by atoms with Crippen LogP contribution in [0.15, 0.2) is 0 Å². The third kappa shape index (κ3) is 5.20. The zero-order valence-corrected chi connectivity index (χ0v) is 6.64. The van der Waals surface area contributed by atoms with Gasteiger partial charge in [0.1, 0.15) is 0 Å². The Kier molecular flexibility index (Phi) is 4.89. The molecule has 0 aromatic heterocycles. The molecule has 2 N–H and O–H groups in total. The molecule has 0 fully saturated rings. The molecule has 0 unspecified atom stereocenters. The standard InChI is InChI=1S/C6H12N2O3/c1-7-5(9)3-4-8-6(10)11-2/h3-4H2,1-2H3,(H,7,9)(H,8,10). The third-order valence-corrected chi connectivity index (χ3v) is 1.09. The number of rotatable bonds is 3. The number of ether oxygens (including phenoxy) is 1. The van der Waals surface area contributed by atoms with Gasteiger partial charge < -0.3 is 15.4 Å². The fraction of sp³-hybridized carbons (Fsp3) is 0.667. The van der Waals surface area contributed by atoms with Gasteiger partial charge in [-0.2, -0.15) is 0 Å². The van der Waals surface area contributed by atoms with E-state index in [0.29, 0.717) is 6.54 Å². The Morgan fingerprint density at radius 3 is 2.55 bits per heavy atom. The topological polar surface area (TPSA) is 67.4 Å². The number of hydrogen-bond acceptors (Lipinski definition) is 3. The van der Waals surface area contributed by atoms with Gasteiger partial charge in [-0.25, -0.2) is 4.79 Å². The largest absolute Gasteiger partial charge is 0.453 e. The summed E-state index contributed by atoms with van der Waals surface area (Å²) in [5, 5.41) is 4.80. The van der Waals surface area contributed by atoms with Crippen LogP contribution in [0.1, 0.15) is 6.42 Å². The molecule has 0 aromatic rings. The predicted octanol–water partition coefficient (Wildman–Crippen LogP) is -0.521. The molecular formula is C6H12N2O3. The van der Waals surface area contributed by atoms with Gasteiger partial charge in [-0.15, -0.1) is 0 Å². The minimum atomic E-state index is -0.520. The minimum absolute atomic E-state index is 0.110. The Morgan fingerprint density at radius 1 is 1.45 bits per heavy atom. The average molecular weight is 160 g/mol. The van der Waals surface area contributed by atoms with E-state index < -0.39 is 6.09 Å². The second-order valence-corrected chi connectivity index (χ2v) is 1.84. The highest BCUT2D eigenvalue weighted by Gasteiger charge is 1.99. The van der Waals surface area contributed by atoms with Gasteiger partial charge in [0, 0.05) is 20.0 Å². The van der Waals surface area contributed by atoms with E-state index in [9.17, 15) is 9.59 Å². The lowest BCUT2D eigenvalue weighted by Gasteiger charge is -2.01. The number of methoxy groups -OCH3 is 1. The molecule has 0 atom stereocenters. The molecule has 0 aliphatic carbocycles. The van der Waals surface area contributed by atoms with Crippen LogP contribution in [0.25, 0.3) is 0 Å². The van der Waals surface area contributed by atoms with Crippen molar-refractivity contribution in [2.75, 3.05) is 20.7 Å². The molecule has 11 heavy (non-hydrogen) atoms. The van der Waals surface area contributed by atoms with Crippen LogP contribution in [-0.4, -0.2) is 32.7 Å². The molecule has 0 aliphatic rings. The van der Waals surface area contributed by atoms with Gasteiger partial charge in [0.25, 0.3) is 0 Å². The lowest BCUT2D eigenvalue weighted by Crippen LogP contribution is -2.28. The van der Waals surface area contributed by atoms with E-state index in [1.54, 1.807) is 7.05 Å². The van der Waals surface area contributed by atoms with Gasteiger partial charge in [0.05, 0.1) is 7.11 Å². The van der Waals surface area contributed by atoms with E-state index >= 15 is 0 Å². The lowest BCUT2D eigenvalue weighted by molar-refractivity contribution is -0.120. The number of amides is 2. The van der Waals surface area contributed by atoms with Crippen molar-refractivity contribution in [1.29, 1.82) is 0 Å². The first kappa shape index (κ1) is 9.74. The number of alkyl carbamates (subject to hydrolysis) is 1. The number of carbonyl (C=O) groups excluding carboxylic acids is 2. The molecule has 0 aromatic carbocycles. The quantitative estimate of drug-likeness (QED) is 0.583. The van der Waals surface area contributed by atoms with Crippen LogP contribution < -0.4 is 10.6 Å². The summed E-state index contributed by atoms with van der Waals surface area (Å²) in [5.74, 6) is -0.110. The second-order valence-electron chi connectivity index (χ2n) is 1.84. The highest BCUT2D eigenvalue weighted by molar-refractivity contribution is 5.76. The van der Waals surface area contributed by atoms with Gasteiger partial charge in [-0.1, -0.05) is 0 Å². The second kappa shape index (κ2) is 5.52. The summed E-state index contributed by atoms with van der Waals surface area (Å²) in [6.07, 6.45) is -0.250. The molecule has 0 radical (unpaired) electrons. The van der Waals surface area contributed by atoms with Crippen LogP contribution in [0, 0.1) is 0 Å². The van der Waals surface area contributed by atoms with Crippen LogP contribution >= 0.6 is 0 Å². The van der Waals surface area contributed by atoms with Crippen LogP contribution in [0.2, 0.25) is 0 Å². The molecule has 5 nitrogen and oxygen atoms in total. The van der Waals surface area contributed by atoms with Gasteiger partial charge >= 0.3 is 6.09 Å². The monoisotopic (exact) mass is 160 g/mol. The SMILES string of the molecule is CNC(=O)CCNC(=O)OC. The van der Waals surface area contributed by atoms with Crippen LogP contribution in [0.4, 0.5) is 4.79 Å². The molecule has 0 aliphatic heterocycles. The van der Waals surface area contributed by atoms with Crippen molar-refractivity contribution < 1.29 is 14.3 Å². The molecule has 0 rings (SSSR count). The molecule has 0 spiro atoms. The minimum Gasteiger partial charge on any atom is -0.453 e. The maximum absolute atomic E-state index is 10.6. The first-order valence-corrected chi connectivity index (χ1v) is 3.23. The van der Waals surface area contributed by atoms with Crippen molar-refractivity contribution in [3.8, 4) is 0 Å². The molecular weight excluding hydrogens is 148 g/mol. The van der Waals surface area contributed by atoms with Gasteiger partial charge in [-0.3, -0.25) is 4.79 Å². The van der Waals surface area contributed by atoms with Crippen molar-refractivity contribution in [2.45, 2.75) is 6.42 Å². The Hall–Kier alpha value is -1.26. The highest BCUT2D eigenvalue weighted by atomic mass is 16.5. The summed E-state index contributed by atoms with van der Waals surface area (Å²) < 4.78 is 4.28. The van der Waals surface area contributed by atoms with Crippen LogP contribution in [0.3, 0.4) is 0 Å². The Balaban J connectivity index is 3.27. The Labute approximate surface area is 65.1 Å². The Morgan fingerprint density at radius 2 is 2.09 bits per heavy atom. The van der Waals surface area contributed by atoms with Gasteiger partial charge in [-0.05, 0) is 0 Å². The molecule has 0 saturated carbocycles. The van der Waals surface area contributed by atoms with E-state index in [4.69, 9.17) is 0 Å². The van der Waals surface area contributed by atoms with Crippen molar-refractivity contribution in [2.24, 2.45) is 0 Å². The number of carbonyl (C=O) groups is 2. The normalized spacial score (nSPS) is 8.55. The average Bonchev–Trinajstić information content (AvgIpc) is 2.04. The summed E-state index contributed by atoms with van der Waals surface area (Å²) >= 11 is 0. The first-order chi connectivity index (χ1) is 5.20. The lowest BCUT2D eigenvalue weighted by atomic mass is 10.4. The third-order valence-electron chi connectivity index (χ3n) is 1.09. The molecule has 0 saturated heterocycles. The number of hydrogen-bond donors (Lipinski definition) is 2. The molecule has 5 heteroatoms. The molecule has 64 valence electrons. The summed E-state index contributed by atoms with van der Waals surface area (Å²) in [6, 6.07) is 0. The summed E-state index contributed by atoms with van der Waals surface area (Å²) in [7, 11) is 2.82. The van der Waals surface area contributed by atoms with Crippen molar-refractivity contribution >= 4 is 12.0 Å². The molecule has 0 heterocycles. The maximum atomic E-state index is 10.6. The highest BCUT2D eigenvalue weighted by Crippen LogP contribution is 1.76. The summed E-state index contributed by atoms with van der Waals surface area (Å²) in [4.78, 5) is 21.0. The van der Waals surface area contributed by atoms with E-state index in [1.165, 1.54) is 7.11 Å². The maximum Gasteiger partial charge on any atom is 0.406 e. The molecule has 0 bridgehead atoms. The van der Waals surface area contributed by atoms with Crippen LogP contribution in [-0.2, 0) is 9.53 Å². The first-order valence-electron chi connectivity index (χ1n) is 3.23. The molecule has 2 amide bonds. The summed E-state index contributed by atoms with van der Waals surface area (Å²) in [6.45, 7) is 0.298. The van der Waals surface area contributed by atoms with Gasteiger partial charge in [0.2, 0.25) is 5.91 Å². The zero-order chi connectivity index (χ0) is 8.69. The predicted molar refractivity (Wildman–Crippen MR) is 39.1 cm³/mol.